The molecule has 2 aliphatic heterocycles. The van der Waals surface area contributed by atoms with Crippen LogP contribution < -0.4 is 0 Å². The van der Waals surface area contributed by atoms with E-state index in [1.807, 2.05) is 0 Å². The Hall–Kier alpha value is -1.51. The molecule has 0 aliphatic carbocycles. The second-order valence-corrected chi connectivity index (χ2v) is 6.06. The van der Waals surface area contributed by atoms with E-state index in [1.54, 1.807) is 44.2 Å². The molecule has 0 aromatic heterocycles. The summed E-state index contributed by atoms with van der Waals surface area (Å²) in [6.45, 7) is 2.96. The fraction of sp³-hybridized carbons (Fsp3) is 0.562. The molecule has 2 heterocycles. The second kappa shape index (κ2) is 6.18. The molecule has 0 amide bonds. The van der Waals surface area contributed by atoms with Crippen molar-refractivity contribution in [3.8, 4) is 0 Å². The minimum absolute atomic E-state index is 0.386. The number of carbonyl (C=O) groups is 1. The van der Waals surface area contributed by atoms with Crippen LogP contribution in [-0.4, -0.2) is 59.3 Å². The molecule has 0 saturated carbocycles. The number of aliphatic hydroxyl groups excluding tert-OH is 2. The van der Waals surface area contributed by atoms with Crippen LogP contribution in [0.3, 0.4) is 0 Å². The number of benzene rings is 1. The smallest absolute Gasteiger partial charge is 0.340 e. The van der Waals surface area contributed by atoms with Gasteiger partial charge in [0.1, 0.15) is 18.3 Å². The van der Waals surface area contributed by atoms with Gasteiger partial charge in [-0.25, -0.2) is 4.79 Å². The van der Waals surface area contributed by atoms with Gasteiger partial charge in [-0.2, -0.15) is 0 Å². The first kappa shape index (κ1) is 16.4. The summed E-state index contributed by atoms with van der Waals surface area (Å²) in [5.41, 5.74) is 0.386. The molecule has 0 bridgehead atoms. The minimum atomic E-state index is -1.15. The van der Waals surface area contributed by atoms with Crippen molar-refractivity contribution < 1.29 is 34.0 Å². The van der Waals surface area contributed by atoms with Gasteiger partial charge in [-0.15, -0.1) is 0 Å². The summed E-state index contributed by atoms with van der Waals surface area (Å²) < 4.78 is 22.4. The normalized spacial score (nSPS) is 33.2. The summed E-state index contributed by atoms with van der Waals surface area (Å²) in [6.07, 6.45) is -4.29. The van der Waals surface area contributed by atoms with Gasteiger partial charge in [0.05, 0.1) is 12.2 Å². The molecule has 2 N–H and O–H groups in total. The van der Waals surface area contributed by atoms with Gasteiger partial charge in [0.15, 0.2) is 11.9 Å². The Morgan fingerprint density at radius 2 is 1.91 bits per heavy atom. The highest BCUT2D eigenvalue weighted by Crippen LogP contribution is 2.40. The maximum Gasteiger partial charge on any atom is 0.340 e. The molecule has 5 atom stereocenters. The molecule has 1 aromatic rings. The highest BCUT2D eigenvalue weighted by Gasteiger charge is 2.58. The Labute approximate surface area is 133 Å². The maximum absolute atomic E-state index is 12.2. The van der Waals surface area contributed by atoms with E-state index in [0.717, 1.165) is 0 Å². The molecular formula is C16H20O7. The van der Waals surface area contributed by atoms with Crippen molar-refractivity contribution in [1.29, 1.82) is 0 Å². The lowest BCUT2D eigenvalue weighted by Gasteiger charge is -2.25. The molecule has 7 nitrogen and oxygen atoms in total. The monoisotopic (exact) mass is 324 g/mol. The predicted molar refractivity (Wildman–Crippen MR) is 77.4 cm³/mol. The summed E-state index contributed by atoms with van der Waals surface area (Å²) in [7, 11) is 0. The van der Waals surface area contributed by atoms with E-state index in [2.05, 4.69) is 0 Å². The number of fused-ring (bicyclic) bond motifs is 1. The van der Waals surface area contributed by atoms with Crippen LogP contribution in [0.4, 0.5) is 0 Å². The second-order valence-electron chi connectivity index (χ2n) is 6.06. The zero-order valence-electron chi connectivity index (χ0n) is 12.9. The van der Waals surface area contributed by atoms with Gasteiger partial charge in [-0.1, -0.05) is 18.2 Å². The van der Waals surface area contributed by atoms with Crippen LogP contribution in [-0.2, 0) is 18.9 Å². The van der Waals surface area contributed by atoms with Crippen molar-refractivity contribution >= 4 is 5.97 Å². The van der Waals surface area contributed by atoms with Crippen LogP contribution in [0.5, 0.6) is 0 Å². The highest BCUT2D eigenvalue weighted by atomic mass is 16.8. The molecule has 23 heavy (non-hydrogen) atoms. The van der Waals surface area contributed by atoms with Crippen LogP contribution in [0.25, 0.3) is 0 Å². The van der Waals surface area contributed by atoms with Gasteiger partial charge in [0.25, 0.3) is 0 Å². The van der Waals surface area contributed by atoms with E-state index < -0.39 is 49.1 Å². The summed E-state index contributed by atoms with van der Waals surface area (Å²) >= 11 is 0. The average Bonchev–Trinajstić information content (AvgIpc) is 3.01. The number of rotatable bonds is 4. The van der Waals surface area contributed by atoms with Crippen LogP contribution >= 0.6 is 0 Å². The SMILES string of the molecule is CC1(C)O[C@@H]2[C@H](O1)[C@@H](OC(=O)c1ccccc1)O[C@@H]2[C@@H](O)CO. The van der Waals surface area contributed by atoms with Crippen LogP contribution in [0.15, 0.2) is 30.3 Å². The van der Waals surface area contributed by atoms with Gasteiger partial charge >= 0.3 is 5.97 Å². The largest absolute Gasteiger partial charge is 0.429 e. The van der Waals surface area contributed by atoms with Crippen molar-refractivity contribution in [3.63, 3.8) is 0 Å². The van der Waals surface area contributed by atoms with Gasteiger partial charge in [0.2, 0.25) is 6.29 Å². The van der Waals surface area contributed by atoms with Crippen molar-refractivity contribution in [3.05, 3.63) is 35.9 Å². The van der Waals surface area contributed by atoms with E-state index in [4.69, 9.17) is 24.1 Å². The Morgan fingerprint density at radius 1 is 1.26 bits per heavy atom. The maximum atomic E-state index is 12.2. The third-order valence-electron chi connectivity index (χ3n) is 3.85. The first-order chi connectivity index (χ1) is 10.9. The number of hydrogen-bond donors (Lipinski definition) is 2. The summed E-state index contributed by atoms with van der Waals surface area (Å²) in [5, 5.41) is 19.1. The number of ether oxygens (including phenoxy) is 4. The summed E-state index contributed by atoms with van der Waals surface area (Å²) in [4.78, 5) is 12.2. The summed E-state index contributed by atoms with van der Waals surface area (Å²) in [6, 6.07) is 8.51. The van der Waals surface area contributed by atoms with Gasteiger partial charge in [-0.05, 0) is 26.0 Å². The van der Waals surface area contributed by atoms with E-state index in [0.29, 0.717) is 5.56 Å². The Bertz CT molecular complexity index is 559. The van der Waals surface area contributed by atoms with E-state index >= 15 is 0 Å². The Balaban J connectivity index is 1.75. The molecule has 0 unspecified atom stereocenters. The molecule has 1 aromatic carbocycles. The van der Waals surface area contributed by atoms with Crippen molar-refractivity contribution in [2.24, 2.45) is 0 Å². The molecule has 0 spiro atoms. The first-order valence-corrected chi connectivity index (χ1v) is 7.47. The minimum Gasteiger partial charge on any atom is -0.429 e. The molecule has 2 saturated heterocycles. The zero-order chi connectivity index (χ0) is 16.6. The van der Waals surface area contributed by atoms with Crippen molar-refractivity contribution in [1.82, 2.24) is 0 Å². The standard InChI is InChI=1S/C16H20O7/c1-16(2)22-12-11(10(18)8-17)20-15(13(12)23-16)21-14(19)9-6-4-3-5-7-9/h3-7,10-13,15,17-18H,8H2,1-2H3/t10-,11+,12-,13-,15+/m0/s1. The number of aliphatic hydroxyl groups is 2. The molecule has 2 aliphatic rings. The average molecular weight is 324 g/mol. The fourth-order valence-corrected chi connectivity index (χ4v) is 2.85. The highest BCUT2D eigenvalue weighted by molar-refractivity contribution is 5.89. The Morgan fingerprint density at radius 3 is 2.57 bits per heavy atom. The van der Waals surface area contributed by atoms with Crippen LogP contribution in [0, 0.1) is 0 Å². The topological polar surface area (TPSA) is 94.5 Å². The lowest BCUT2D eigenvalue weighted by molar-refractivity contribution is -0.231. The molecule has 0 radical (unpaired) electrons. The molecule has 3 rings (SSSR count). The lowest BCUT2D eigenvalue weighted by atomic mass is 10.1. The van der Waals surface area contributed by atoms with Gasteiger partial charge in [0, 0.05) is 0 Å². The molecule has 2 fully saturated rings. The van der Waals surface area contributed by atoms with Crippen molar-refractivity contribution in [2.45, 2.75) is 50.3 Å². The number of hydrogen-bond acceptors (Lipinski definition) is 7. The van der Waals surface area contributed by atoms with Crippen LogP contribution in [0.1, 0.15) is 24.2 Å². The summed E-state index contributed by atoms with van der Waals surface area (Å²) in [5.74, 6) is -1.44. The van der Waals surface area contributed by atoms with E-state index in [9.17, 15) is 9.90 Å². The van der Waals surface area contributed by atoms with Gasteiger partial charge in [-0.3, -0.25) is 0 Å². The predicted octanol–water partition coefficient (Wildman–Crippen LogP) is 0.442. The lowest BCUT2D eigenvalue weighted by Crippen LogP contribution is -2.40. The molecule has 7 heteroatoms. The quantitative estimate of drug-likeness (QED) is 0.776. The molecular weight excluding hydrogens is 304 g/mol. The fourth-order valence-electron chi connectivity index (χ4n) is 2.85. The first-order valence-electron chi connectivity index (χ1n) is 7.47. The van der Waals surface area contributed by atoms with Gasteiger partial charge < -0.3 is 29.2 Å². The number of carbonyl (C=O) groups excluding carboxylic acids is 1. The van der Waals surface area contributed by atoms with Crippen molar-refractivity contribution in [2.75, 3.05) is 6.61 Å². The van der Waals surface area contributed by atoms with E-state index in [1.165, 1.54) is 0 Å². The van der Waals surface area contributed by atoms with E-state index in [-0.39, 0.29) is 0 Å². The zero-order valence-corrected chi connectivity index (χ0v) is 12.9. The third kappa shape index (κ3) is 3.24. The number of esters is 1. The molecule has 126 valence electrons. The van der Waals surface area contributed by atoms with Crippen LogP contribution in [0.2, 0.25) is 0 Å². The third-order valence-corrected chi connectivity index (χ3v) is 3.85. The Kier molecular flexibility index (Phi) is 4.39.